The fraction of sp³-hybridized carbons (Fsp3) is 0.250. The van der Waals surface area contributed by atoms with E-state index in [1.54, 1.807) is 12.1 Å². The minimum atomic E-state index is -0.0572. The van der Waals surface area contributed by atoms with E-state index in [4.69, 9.17) is 16.3 Å². The van der Waals surface area contributed by atoms with Gasteiger partial charge in [0.05, 0.1) is 16.8 Å². The summed E-state index contributed by atoms with van der Waals surface area (Å²) in [7, 11) is 1.85. The zero-order valence-corrected chi connectivity index (χ0v) is 17.2. The lowest BCUT2D eigenvalue weighted by molar-refractivity contribution is -0.119. The zero-order chi connectivity index (χ0) is 19.9. The van der Waals surface area contributed by atoms with E-state index in [1.807, 2.05) is 61.0 Å². The Kier molecular flexibility index (Phi) is 6.95. The van der Waals surface area contributed by atoms with Gasteiger partial charge in [0.1, 0.15) is 12.4 Å². The monoisotopic (exact) mass is 416 g/mol. The van der Waals surface area contributed by atoms with Gasteiger partial charge in [-0.05, 0) is 24.6 Å². The van der Waals surface area contributed by atoms with Crippen molar-refractivity contribution in [3.8, 4) is 5.75 Å². The number of hydrogen-bond acceptors (Lipinski definition) is 5. The molecule has 1 N–H and O–H groups in total. The Hall–Kier alpha value is -2.51. The Bertz CT molecular complexity index is 933. The minimum Gasteiger partial charge on any atom is -0.484 e. The molecule has 28 heavy (non-hydrogen) atoms. The van der Waals surface area contributed by atoms with E-state index < -0.39 is 0 Å². The molecule has 0 saturated heterocycles. The van der Waals surface area contributed by atoms with Gasteiger partial charge in [-0.3, -0.25) is 4.79 Å². The van der Waals surface area contributed by atoms with Crippen molar-refractivity contribution >= 4 is 29.3 Å². The number of carbonyl (C=O) groups excluding carboxylic acids is 1. The predicted molar refractivity (Wildman–Crippen MR) is 111 cm³/mol. The fourth-order valence-corrected chi connectivity index (χ4v) is 3.47. The van der Waals surface area contributed by atoms with Gasteiger partial charge in [0.2, 0.25) is 5.91 Å². The highest BCUT2D eigenvalue weighted by atomic mass is 35.5. The number of thioether (sulfide) groups is 1. The van der Waals surface area contributed by atoms with Crippen molar-refractivity contribution in [2.75, 3.05) is 5.75 Å². The van der Waals surface area contributed by atoms with Gasteiger partial charge in [-0.1, -0.05) is 65.8 Å². The van der Waals surface area contributed by atoms with Crippen LogP contribution >= 0.6 is 23.4 Å². The highest BCUT2D eigenvalue weighted by Crippen LogP contribution is 2.24. The number of para-hydroxylation sites is 1. The van der Waals surface area contributed by atoms with Crippen LogP contribution in [0.4, 0.5) is 0 Å². The van der Waals surface area contributed by atoms with Gasteiger partial charge in [-0.2, -0.15) is 0 Å². The third-order valence-electron chi connectivity index (χ3n) is 4.13. The molecule has 1 heterocycles. The SMILES string of the molecule is CC(NC(=O)CSc1nnc(COc2ccccc2Cl)n1C)c1ccccc1. The molecule has 0 saturated carbocycles. The molecule has 1 amide bonds. The number of carbonyl (C=O) groups is 1. The number of ether oxygens (including phenoxy) is 1. The van der Waals surface area contributed by atoms with Gasteiger partial charge < -0.3 is 14.6 Å². The summed E-state index contributed by atoms with van der Waals surface area (Å²) >= 11 is 7.42. The van der Waals surface area contributed by atoms with Gasteiger partial charge in [0.25, 0.3) is 0 Å². The molecule has 1 unspecified atom stereocenters. The van der Waals surface area contributed by atoms with Crippen LogP contribution in [0.5, 0.6) is 5.75 Å². The molecule has 0 bridgehead atoms. The molecular formula is C20H21ClN4O2S. The number of hydrogen-bond donors (Lipinski definition) is 1. The lowest BCUT2D eigenvalue weighted by Gasteiger charge is -2.14. The summed E-state index contributed by atoms with van der Waals surface area (Å²) in [6, 6.07) is 17.1. The molecule has 0 fully saturated rings. The van der Waals surface area contributed by atoms with Crippen LogP contribution in [0.1, 0.15) is 24.4 Å². The maximum Gasteiger partial charge on any atom is 0.230 e. The van der Waals surface area contributed by atoms with Crippen molar-refractivity contribution in [1.82, 2.24) is 20.1 Å². The van der Waals surface area contributed by atoms with E-state index in [9.17, 15) is 4.79 Å². The van der Waals surface area contributed by atoms with Crippen LogP contribution in [-0.4, -0.2) is 26.4 Å². The van der Waals surface area contributed by atoms with Crippen LogP contribution in [0.3, 0.4) is 0 Å². The molecule has 2 aromatic carbocycles. The molecule has 8 heteroatoms. The Balaban J connectivity index is 1.51. The number of aromatic nitrogens is 3. The lowest BCUT2D eigenvalue weighted by atomic mass is 10.1. The van der Waals surface area contributed by atoms with Crippen LogP contribution in [0, 0.1) is 0 Å². The summed E-state index contributed by atoms with van der Waals surface area (Å²) in [6.07, 6.45) is 0. The van der Waals surface area contributed by atoms with E-state index in [1.165, 1.54) is 11.8 Å². The van der Waals surface area contributed by atoms with E-state index in [0.717, 1.165) is 5.56 Å². The Morgan fingerprint density at radius 2 is 1.89 bits per heavy atom. The summed E-state index contributed by atoms with van der Waals surface area (Å²) < 4.78 is 7.52. The quantitative estimate of drug-likeness (QED) is 0.562. The van der Waals surface area contributed by atoms with Gasteiger partial charge in [-0.25, -0.2) is 0 Å². The van der Waals surface area contributed by atoms with E-state index in [-0.39, 0.29) is 24.3 Å². The summed E-state index contributed by atoms with van der Waals surface area (Å²) in [4.78, 5) is 12.2. The average Bonchev–Trinajstić information content (AvgIpc) is 3.06. The third kappa shape index (κ3) is 5.27. The first-order valence-electron chi connectivity index (χ1n) is 8.77. The third-order valence-corrected chi connectivity index (χ3v) is 5.46. The Morgan fingerprint density at radius 3 is 2.64 bits per heavy atom. The van der Waals surface area contributed by atoms with E-state index in [2.05, 4.69) is 15.5 Å². The van der Waals surface area contributed by atoms with Crippen LogP contribution in [0.25, 0.3) is 0 Å². The summed E-state index contributed by atoms with van der Waals surface area (Å²) in [5.74, 6) is 1.45. The maximum absolute atomic E-state index is 12.2. The van der Waals surface area contributed by atoms with Crippen molar-refractivity contribution in [3.05, 3.63) is 71.0 Å². The fourth-order valence-electron chi connectivity index (χ4n) is 2.54. The first-order valence-corrected chi connectivity index (χ1v) is 10.1. The van der Waals surface area contributed by atoms with Crippen molar-refractivity contribution < 1.29 is 9.53 Å². The normalized spacial score (nSPS) is 11.8. The molecule has 6 nitrogen and oxygen atoms in total. The number of halogens is 1. The molecule has 0 spiro atoms. The molecule has 1 aromatic heterocycles. The van der Waals surface area contributed by atoms with Gasteiger partial charge in [0.15, 0.2) is 11.0 Å². The van der Waals surface area contributed by atoms with Crippen molar-refractivity contribution in [2.45, 2.75) is 24.7 Å². The van der Waals surface area contributed by atoms with Crippen LogP contribution in [-0.2, 0) is 18.4 Å². The van der Waals surface area contributed by atoms with Crippen LogP contribution in [0.15, 0.2) is 59.8 Å². The van der Waals surface area contributed by atoms with Crippen LogP contribution in [0.2, 0.25) is 5.02 Å². The van der Waals surface area contributed by atoms with Gasteiger partial charge in [0, 0.05) is 7.05 Å². The topological polar surface area (TPSA) is 69.0 Å². The number of rotatable bonds is 8. The first-order chi connectivity index (χ1) is 13.5. The number of nitrogens with zero attached hydrogens (tertiary/aromatic N) is 3. The van der Waals surface area contributed by atoms with E-state index in [0.29, 0.717) is 21.8 Å². The standard InChI is InChI=1S/C20H21ClN4O2S/c1-14(15-8-4-3-5-9-15)22-19(26)13-28-20-24-23-18(25(20)2)12-27-17-11-7-6-10-16(17)21/h3-11,14H,12-13H2,1-2H3,(H,22,26). The maximum atomic E-state index is 12.2. The molecule has 0 aliphatic rings. The number of benzene rings is 2. The molecule has 0 radical (unpaired) electrons. The van der Waals surface area contributed by atoms with Gasteiger partial charge in [-0.15, -0.1) is 10.2 Å². The Labute approximate surface area is 173 Å². The highest BCUT2D eigenvalue weighted by molar-refractivity contribution is 7.99. The second kappa shape index (κ2) is 9.61. The minimum absolute atomic E-state index is 0.0478. The van der Waals surface area contributed by atoms with Crippen molar-refractivity contribution in [2.24, 2.45) is 7.05 Å². The molecule has 0 aliphatic carbocycles. The molecule has 0 aliphatic heterocycles. The smallest absolute Gasteiger partial charge is 0.230 e. The average molecular weight is 417 g/mol. The Morgan fingerprint density at radius 1 is 1.18 bits per heavy atom. The number of nitrogens with one attached hydrogen (secondary N) is 1. The summed E-state index contributed by atoms with van der Waals surface area (Å²) in [5, 5.41) is 12.5. The summed E-state index contributed by atoms with van der Waals surface area (Å²) in [6.45, 7) is 2.20. The molecule has 146 valence electrons. The molecular weight excluding hydrogens is 396 g/mol. The molecule has 1 atom stereocenters. The van der Waals surface area contributed by atoms with Crippen molar-refractivity contribution in [3.63, 3.8) is 0 Å². The largest absolute Gasteiger partial charge is 0.484 e. The molecule has 3 rings (SSSR count). The van der Waals surface area contributed by atoms with Gasteiger partial charge >= 0.3 is 0 Å². The zero-order valence-electron chi connectivity index (χ0n) is 15.6. The predicted octanol–water partition coefficient (Wildman–Crippen LogP) is 4.02. The molecule has 3 aromatic rings. The second-order valence-corrected chi connectivity index (χ2v) is 7.52. The highest BCUT2D eigenvalue weighted by Gasteiger charge is 2.14. The second-order valence-electron chi connectivity index (χ2n) is 6.17. The number of amides is 1. The summed E-state index contributed by atoms with van der Waals surface area (Å²) in [5.41, 5.74) is 1.07. The van der Waals surface area contributed by atoms with Crippen LogP contribution < -0.4 is 10.1 Å². The first kappa shape index (κ1) is 20.2. The van der Waals surface area contributed by atoms with Crippen molar-refractivity contribution in [1.29, 1.82) is 0 Å². The van der Waals surface area contributed by atoms with E-state index >= 15 is 0 Å². The lowest BCUT2D eigenvalue weighted by Crippen LogP contribution is -2.28.